The van der Waals surface area contributed by atoms with Crippen molar-refractivity contribution in [3.05, 3.63) is 83.9 Å². The van der Waals surface area contributed by atoms with Gasteiger partial charge in [-0.3, -0.25) is 4.99 Å². The average Bonchev–Trinajstić information content (AvgIpc) is 3.12. The van der Waals surface area contributed by atoms with E-state index in [4.69, 9.17) is 0 Å². The van der Waals surface area contributed by atoms with Gasteiger partial charge in [0.15, 0.2) is 5.96 Å². The van der Waals surface area contributed by atoms with Crippen LogP contribution in [0.2, 0.25) is 0 Å². The van der Waals surface area contributed by atoms with Gasteiger partial charge < -0.3 is 10.6 Å². The maximum Gasteiger partial charge on any atom is 0.191 e. The van der Waals surface area contributed by atoms with Crippen molar-refractivity contribution >= 4 is 29.9 Å². The molecule has 0 radical (unpaired) electrons. The molecule has 0 unspecified atom stereocenters. The summed E-state index contributed by atoms with van der Waals surface area (Å²) in [6.07, 6.45) is 1.93. The molecule has 2 N–H and O–H groups in total. The summed E-state index contributed by atoms with van der Waals surface area (Å²) in [4.78, 5) is 4.17. The molecule has 1 aromatic heterocycles. The molecule has 0 bridgehead atoms. The number of nitrogens with one attached hydrogen (secondary N) is 2. The average molecular weight is 465 g/mol. The third kappa shape index (κ3) is 5.55. The van der Waals surface area contributed by atoms with E-state index in [0.717, 1.165) is 16.9 Å². The van der Waals surface area contributed by atoms with Crippen LogP contribution in [0.25, 0.3) is 5.69 Å². The number of hydrogen-bond acceptors (Lipinski definition) is 2. The molecule has 3 rings (SSSR count). The SMILES string of the molecule is CN=C(NCc1cccc(F)c1)NCc1ccn(-c2ccccc2)n1.I. The van der Waals surface area contributed by atoms with Crippen molar-refractivity contribution in [3.63, 3.8) is 0 Å². The Bertz CT molecular complexity index is 848. The van der Waals surface area contributed by atoms with Crippen LogP contribution in [0.5, 0.6) is 0 Å². The molecule has 0 aliphatic carbocycles. The minimum Gasteiger partial charge on any atom is -0.352 e. The van der Waals surface area contributed by atoms with E-state index in [0.29, 0.717) is 19.0 Å². The van der Waals surface area contributed by atoms with Crippen LogP contribution in [0.1, 0.15) is 11.3 Å². The van der Waals surface area contributed by atoms with Gasteiger partial charge in [-0.05, 0) is 35.9 Å². The van der Waals surface area contributed by atoms with Crippen LogP contribution in [0.3, 0.4) is 0 Å². The molecule has 7 heteroatoms. The van der Waals surface area contributed by atoms with Crippen LogP contribution in [-0.2, 0) is 13.1 Å². The molecule has 3 aromatic rings. The van der Waals surface area contributed by atoms with Gasteiger partial charge in [0.2, 0.25) is 0 Å². The van der Waals surface area contributed by atoms with Gasteiger partial charge in [0, 0.05) is 19.8 Å². The van der Waals surface area contributed by atoms with E-state index in [1.54, 1.807) is 13.1 Å². The zero-order chi connectivity index (χ0) is 17.5. The second-order valence-electron chi connectivity index (χ2n) is 5.50. The van der Waals surface area contributed by atoms with Gasteiger partial charge in [-0.25, -0.2) is 9.07 Å². The van der Waals surface area contributed by atoms with E-state index in [-0.39, 0.29) is 29.8 Å². The van der Waals surface area contributed by atoms with E-state index in [2.05, 4.69) is 20.7 Å². The van der Waals surface area contributed by atoms with Gasteiger partial charge >= 0.3 is 0 Å². The molecule has 0 aliphatic rings. The second kappa shape index (κ2) is 9.91. The molecule has 0 aliphatic heterocycles. The lowest BCUT2D eigenvalue weighted by atomic mass is 10.2. The van der Waals surface area contributed by atoms with E-state index >= 15 is 0 Å². The first kappa shape index (κ1) is 19.9. The summed E-state index contributed by atoms with van der Waals surface area (Å²) in [5.74, 6) is 0.396. The number of para-hydroxylation sites is 1. The van der Waals surface area contributed by atoms with Crippen LogP contribution >= 0.6 is 24.0 Å². The van der Waals surface area contributed by atoms with Crippen molar-refractivity contribution in [3.8, 4) is 5.69 Å². The van der Waals surface area contributed by atoms with E-state index < -0.39 is 0 Å². The maximum atomic E-state index is 13.2. The lowest BCUT2D eigenvalue weighted by Crippen LogP contribution is -2.36. The van der Waals surface area contributed by atoms with Gasteiger partial charge in [0.1, 0.15) is 5.82 Å². The van der Waals surface area contributed by atoms with Gasteiger partial charge in [0.25, 0.3) is 0 Å². The molecule has 0 saturated carbocycles. The fraction of sp³-hybridized carbons (Fsp3) is 0.158. The van der Waals surface area contributed by atoms with Crippen molar-refractivity contribution in [2.45, 2.75) is 13.1 Å². The topological polar surface area (TPSA) is 54.2 Å². The predicted octanol–water partition coefficient (Wildman–Crippen LogP) is 3.49. The first-order valence-electron chi connectivity index (χ1n) is 8.03. The fourth-order valence-electron chi connectivity index (χ4n) is 2.41. The molecule has 0 saturated heterocycles. The molecular formula is C19H21FIN5. The van der Waals surface area contributed by atoms with Gasteiger partial charge in [-0.1, -0.05) is 30.3 Å². The highest BCUT2D eigenvalue weighted by molar-refractivity contribution is 14.0. The third-order valence-electron chi connectivity index (χ3n) is 3.67. The van der Waals surface area contributed by atoms with Crippen LogP contribution in [0.4, 0.5) is 4.39 Å². The molecule has 0 atom stereocenters. The molecule has 136 valence electrons. The Kier molecular flexibility index (Phi) is 7.58. The summed E-state index contributed by atoms with van der Waals surface area (Å²) in [5.41, 5.74) is 2.77. The lowest BCUT2D eigenvalue weighted by molar-refractivity contribution is 0.624. The van der Waals surface area contributed by atoms with Crippen molar-refractivity contribution in [1.29, 1.82) is 0 Å². The molecule has 2 aromatic carbocycles. The Labute approximate surface area is 169 Å². The highest BCUT2D eigenvalue weighted by Gasteiger charge is 2.03. The van der Waals surface area contributed by atoms with Crippen molar-refractivity contribution < 1.29 is 4.39 Å². The van der Waals surface area contributed by atoms with Gasteiger partial charge in [-0.2, -0.15) is 5.10 Å². The summed E-state index contributed by atoms with van der Waals surface area (Å²) in [6, 6.07) is 18.4. The first-order chi connectivity index (χ1) is 12.2. The molecule has 26 heavy (non-hydrogen) atoms. The Morgan fingerprint density at radius 1 is 1.04 bits per heavy atom. The van der Waals surface area contributed by atoms with Gasteiger partial charge in [0.05, 0.1) is 17.9 Å². The monoisotopic (exact) mass is 465 g/mol. The van der Waals surface area contributed by atoms with E-state index in [9.17, 15) is 4.39 Å². The number of rotatable bonds is 5. The Balaban J connectivity index is 0.00000243. The largest absolute Gasteiger partial charge is 0.352 e. The van der Waals surface area contributed by atoms with Crippen molar-refractivity contribution in [1.82, 2.24) is 20.4 Å². The molecule has 5 nitrogen and oxygen atoms in total. The number of benzene rings is 2. The quantitative estimate of drug-likeness (QED) is 0.345. The number of hydrogen-bond donors (Lipinski definition) is 2. The Hall–Kier alpha value is -2.42. The van der Waals surface area contributed by atoms with E-state index in [1.807, 2.05) is 53.3 Å². The number of guanidine groups is 1. The van der Waals surface area contributed by atoms with Gasteiger partial charge in [-0.15, -0.1) is 24.0 Å². The Morgan fingerprint density at radius 3 is 2.54 bits per heavy atom. The summed E-state index contributed by atoms with van der Waals surface area (Å²) in [7, 11) is 1.70. The summed E-state index contributed by atoms with van der Waals surface area (Å²) < 4.78 is 15.0. The number of aliphatic imine (C=N–C) groups is 1. The normalized spacial score (nSPS) is 10.9. The minimum atomic E-state index is -0.242. The molecule has 0 amide bonds. The van der Waals surface area contributed by atoms with Crippen molar-refractivity contribution in [2.24, 2.45) is 4.99 Å². The molecule has 0 spiro atoms. The second-order valence-corrected chi connectivity index (χ2v) is 5.50. The van der Waals surface area contributed by atoms with Crippen LogP contribution in [0.15, 0.2) is 71.9 Å². The van der Waals surface area contributed by atoms with Crippen molar-refractivity contribution in [2.75, 3.05) is 7.05 Å². The highest BCUT2D eigenvalue weighted by atomic mass is 127. The zero-order valence-electron chi connectivity index (χ0n) is 14.4. The predicted molar refractivity (Wildman–Crippen MR) is 112 cm³/mol. The smallest absolute Gasteiger partial charge is 0.191 e. The third-order valence-corrected chi connectivity index (χ3v) is 3.67. The number of aromatic nitrogens is 2. The van der Waals surface area contributed by atoms with E-state index in [1.165, 1.54) is 12.1 Å². The summed E-state index contributed by atoms with van der Waals surface area (Å²) >= 11 is 0. The molecule has 0 fully saturated rings. The summed E-state index contributed by atoms with van der Waals surface area (Å²) in [6.45, 7) is 1.04. The van der Waals surface area contributed by atoms with Crippen LogP contribution in [0, 0.1) is 5.82 Å². The molecule has 1 heterocycles. The zero-order valence-corrected chi connectivity index (χ0v) is 16.7. The van der Waals surface area contributed by atoms with Crippen LogP contribution < -0.4 is 10.6 Å². The highest BCUT2D eigenvalue weighted by Crippen LogP contribution is 2.07. The maximum absolute atomic E-state index is 13.2. The minimum absolute atomic E-state index is 0. The Morgan fingerprint density at radius 2 is 1.81 bits per heavy atom. The summed E-state index contributed by atoms with van der Waals surface area (Å²) in [5, 5.41) is 10.9. The molecular weight excluding hydrogens is 444 g/mol. The number of nitrogens with zero attached hydrogens (tertiary/aromatic N) is 3. The first-order valence-corrected chi connectivity index (χ1v) is 8.03. The number of halogens is 2. The lowest BCUT2D eigenvalue weighted by Gasteiger charge is -2.11. The standard InChI is InChI=1S/C19H20FN5.HI/c1-21-19(22-13-15-6-5-7-16(20)12-15)23-14-17-10-11-25(24-17)18-8-3-2-4-9-18;/h2-12H,13-14H2,1H3,(H2,21,22,23);1H. The van der Waals surface area contributed by atoms with Crippen LogP contribution in [-0.4, -0.2) is 22.8 Å². The fourth-order valence-corrected chi connectivity index (χ4v) is 2.41.